The number of carbonyl (C=O) groups is 1. The average Bonchev–Trinajstić information content (AvgIpc) is 2.48. The second-order valence-corrected chi connectivity index (χ2v) is 4.65. The van der Waals surface area contributed by atoms with E-state index in [1.165, 1.54) is 19.3 Å². The molecule has 76 valence electrons. The molecule has 0 radical (unpaired) electrons. The van der Waals surface area contributed by atoms with E-state index in [0.717, 1.165) is 5.69 Å². The monoisotopic (exact) mass is 192 g/mol. The molecular weight excluding hydrogens is 176 g/mol. The zero-order valence-corrected chi connectivity index (χ0v) is 8.79. The maximum atomic E-state index is 11.9. The topological polar surface area (TPSA) is 34.9 Å². The van der Waals surface area contributed by atoms with Gasteiger partial charge in [0.15, 0.2) is 5.78 Å². The van der Waals surface area contributed by atoms with Gasteiger partial charge in [0.25, 0.3) is 0 Å². The fourth-order valence-corrected chi connectivity index (χ4v) is 2.06. The Morgan fingerprint density at radius 3 is 2.79 bits per heavy atom. The fourth-order valence-electron chi connectivity index (χ4n) is 2.06. The lowest BCUT2D eigenvalue weighted by molar-refractivity contribution is 0.0808. The summed E-state index contributed by atoms with van der Waals surface area (Å²) in [5.74, 6) is 0.229. The van der Waals surface area contributed by atoms with Gasteiger partial charge in [0.1, 0.15) is 5.69 Å². The first-order valence-corrected chi connectivity index (χ1v) is 5.10. The maximum absolute atomic E-state index is 11.9. The van der Waals surface area contributed by atoms with Gasteiger partial charge in [-0.25, -0.2) is 4.98 Å². The first-order valence-electron chi connectivity index (χ1n) is 5.10. The molecule has 0 spiro atoms. The Labute approximate surface area is 84.1 Å². The summed E-state index contributed by atoms with van der Waals surface area (Å²) in [6.07, 6.45) is 7.66. The third-order valence-electron chi connectivity index (χ3n) is 3.25. The summed E-state index contributed by atoms with van der Waals surface area (Å²) >= 11 is 0. The van der Waals surface area contributed by atoms with Crippen LogP contribution in [0.15, 0.2) is 12.5 Å². The van der Waals surface area contributed by atoms with Crippen molar-refractivity contribution in [1.29, 1.82) is 0 Å². The second-order valence-electron chi connectivity index (χ2n) is 4.65. The predicted octanol–water partition coefficient (Wildman–Crippen LogP) is 2.18. The van der Waals surface area contributed by atoms with E-state index in [0.29, 0.717) is 6.42 Å². The van der Waals surface area contributed by atoms with Gasteiger partial charge in [0, 0.05) is 13.5 Å². The standard InChI is InChI=1S/C11H16N2O/c1-11(4-3-5-11)6-10(14)9-7-12-8-13(9)2/h7-8H,3-6H2,1-2H3. The van der Waals surface area contributed by atoms with E-state index in [-0.39, 0.29) is 11.2 Å². The molecule has 0 aromatic carbocycles. The van der Waals surface area contributed by atoms with Crippen LogP contribution in [0, 0.1) is 5.41 Å². The molecule has 0 saturated heterocycles. The number of nitrogens with zero attached hydrogens (tertiary/aromatic N) is 2. The molecule has 0 atom stereocenters. The Morgan fingerprint density at radius 1 is 1.64 bits per heavy atom. The molecule has 3 heteroatoms. The number of hydrogen-bond acceptors (Lipinski definition) is 2. The van der Waals surface area contributed by atoms with Gasteiger partial charge in [-0.3, -0.25) is 4.79 Å². The molecule has 0 N–H and O–H groups in total. The maximum Gasteiger partial charge on any atom is 0.181 e. The van der Waals surface area contributed by atoms with E-state index in [1.807, 2.05) is 7.05 Å². The quantitative estimate of drug-likeness (QED) is 0.688. The number of hydrogen-bond donors (Lipinski definition) is 0. The minimum Gasteiger partial charge on any atom is -0.331 e. The van der Waals surface area contributed by atoms with Crippen LogP contribution in [-0.2, 0) is 7.05 Å². The SMILES string of the molecule is Cn1cncc1C(=O)CC1(C)CCC1. The van der Waals surface area contributed by atoms with E-state index in [1.54, 1.807) is 17.1 Å². The minimum atomic E-state index is 0.229. The molecule has 1 aromatic heterocycles. The third kappa shape index (κ3) is 1.59. The molecule has 0 unspecified atom stereocenters. The van der Waals surface area contributed by atoms with Crippen LogP contribution in [0.3, 0.4) is 0 Å². The van der Waals surface area contributed by atoms with Crippen molar-refractivity contribution in [2.24, 2.45) is 12.5 Å². The Hall–Kier alpha value is -1.12. The lowest BCUT2D eigenvalue weighted by Gasteiger charge is -2.37. The van der Waals surface area contributed by atoms with Gasteiger partial charge in [-0.2, -0.15) is 0 Å². The summed E-state index contributed by atoms with van der Waals surface area (Å²) in [7, 11) is 1.86. The average molecular weight is 192 g/mol. The second kappa shape index (κ2) is 3.23. The van der Waals surface area contributed by atoms with E-state index >= 15 is 0 Å². The van der Waals surface area contributed by atoms with Gasteiger partial charge < -0.3 is 4.57 Å². The third-order valence-corrected chi connectivity index (χ3v) is 3.25. The highest BCUT2D eigenvalue weighted by Gasteiger charge is 2.34. The van der Waals surface area contributed by atoms with Crippen LogP contribution in [0.1, 0.15) is 43.1 Å². The Kier molecular flexibility index (Phi) is 2.17. The summed E-state index contributed by atoms with van der Waals surface area (Å²) in [4.78, 5) is 15.8. The van der Waals surface area contributed by atoms with Crippen molar-refractivity contribution in [3.8, 4) is 0 Å². The van der Waals surface area contributed by atoms with Crippen LogP contribution < -0.4 is 0 Å². The van der Waals surface area contributed by atoms with Crippen LogP contribution in [0.4, 0.5) is 0 Å². The summed E-state index contributed by atoms with van der Waals surface area (Å²) in [5.41, 5.74) is 1.000. The van der Waals surface area contributed by atoms with Crippen molar-refractivity contribution in [2.45, 2.75) is 32.6 Å². The lowest BCUT2D eigenvalue weighted by Crippen LogP contribution is -2.29. The lowest BCUT2D eigenvalue weighted by atomic mass is 9.67. The molecule has 0 amide bonds. The van der Waals surface area contributed by atoms with Gasteiger partial charge in [-0.05, 0) is 18.3 Å². The Morgan fingerprint density at radius 2 is 2.36 bits per heavy atom. The van der Waals surface area contributed by atoms with Crippen molar-refractivity contribution in [3.05, 3.63) is 18.2 Å². The molecule has 1 heterocycles. The number of carbonyl (C=O) groups excluding carboxylic acids is 1. The van der Waals surface area contributed by atoms with Crippen LogP contribution in [0.5, 0.6) is 0 Å². The smallest absolute Gasteiger partial charge is 0.181 e. The van der Waals surface area contributed by atoms with Gasteiger partial charge in [0.2, 0.25) is 0 Å². The molecule has 1 aliphatic carbocycles. The van der Waals surface area contributed by atoms with Crippen molar-refractivity contribution < 1.29 is 4.79 Å². The summed E-state index contributed by atoms with van der Waals surface area (Å²) in [6, 6.07) is 0. The van der Waals surface area contributed by atoms with E-state index in [4.69, 9.17) is 0 Å². The van der Waals surface area contributed by atoms with Crippen LogP contribution in [0.25, 0.3) is 0 Å². The largest absolute Gasteiger partial charge is 0.331 e. The molecule has 1 aliphatic rings. The fraction of sp³-hybridized carbons (Fsp3) is 0.636. The van der Waals surface area contributed by atoms with Gasteiger partial charge in [0.05, 0.1) is 12.5 Å². The van der Waals surface area contributed by atoms with Crippen molar-refractivity contribution >= 4 is 5.78 Å². The molecule has 3 nitrogen and oxygen atoms in total. The highest BCUT2D eigenvalue weighted by atomic mass is 16.1. The van der Waals surface area contributed by atoms with E-state index in [2.05, 4.69) is 11.9 Å². The van der Waals surface area contributed by atoms with E-state index in [9.17, 15) is 4.79 Å². The number of aromatic nitrogens is 2. The Balaban J connectivity index is 2.06. The summed E-state index contributed by atoms with van der Waals surface area (Å²) in [6.45, 7) is 2.20. The highest BCUT2D eigenvalue weighted by Crippen LogP contribution is 2.43. The van der Waals surface area contributed by atoms with Crippen molar-refractivity contribution in [1.82, 2.24) is 9.55 Å². The van der Waals surface area contributed by atoms with Crippen LogP contribution in [0.2, 0.25) is 0 Å². The molecule has 0 aliphatic heterocycles. The number of imidazole rings is 1. The predicted molar refractivity (Wildman–Crippen MR) is 54.1 cm³/mol. The van der Waals surface area contributed by atoms with Crippen molar-refractivity contribution in [2.75, 3.05) is 0 Å². The first kappa shape index (κ1) is 9.44. The van der Waals surface area contributed by atoms with Gasteiger partial charge in [-0.1, -0.05) is 13.3 Å². The molecule has 1 aromatic rings. The number of aryl methyl sites for hydroxylation is 1. The van der Waals surface area contributed by atoms with Crippen LogP contribution >= 0.6 is 0 Å². The summed E-state index contributed by atoms with van der Waals surface area (Å²) < 4.78 is 1.80. The highest BCUT2D eigenvalue weighted by molar-refractivity contribution is 5.94. The molecule has 14 heavy (non-hydrogen) atoms. The molecular formula is C11H16N2O. The number of Topliss-reactive ketones (excluding diaryl/α,β-unsaturated/α-hetero) is 1. The van der Waals surface area contributed by atoms with Gasteiger partial charge >= 0.3 is 0 Å². The minimum absolute atomic E-state index is 0.229. The van der Waals surface area contributed by atoms with Gasteiger partial charge in [-0.15, -0.1) is 0 Å². The molecule has 2 rings (SSSR count). The zero-order valence-electron chi connectivity index (χ0n) is 8.79. The molecule has 1 saturated carbocycles. The van der Waals surface area contributed by atoms with E-state index < -0.39 is 0 Å². The summed E-state index contributed by atoms with van der Waals surface area (Å²) in [5, 5.41) is 0. The first-order chi connectivity index (χ1) is 6.61. The number of rotatable bonds is 3. The molecule has 1 fully saturated rings. The normalized spacial score (nSPS) is 19.0. The molecule has 0 bridgehead atoms. The zero-order chi connectivity index (χ0) is 10.2. The Bertz CT molecular complexity index is 350. The van der Waals surface area contributed by atoms with Crippen LogP contribution in [-0.4, -0.2) is 15.3 Å². The van der Waals surface area contributed by atoms with Crippen molar-refractivity contribution in [3.63, 3.8) is 0 Å². The number of ketones is 1.